The molecule has 0 radical (unpaired) electrons. The van der Waals surface area contributed by atoms with E-state index >= 15 is 0 Å². The number of imidazole rings is 1. The topological polar surface area (TPSA) is 29.9 Å². The van der Waals surface area contributed by atoms with Crippen LogP contribution in [0.3, 0.4) is 0 Å². The maximum atomic E-state index is 14.1. The molecule has 2 heterocycles. The summed E-state index contributed by atoms with van der Waals surface area (Å²) < 4.78 is 29.3. The van der Waals surface area contributed by atoms with Gasteiger partial charge >= 0.3 is 0 Å². The fourth-order valence-electron chi connectivity index (χ4n) is 3.00. The van der Waals surface area contributed by atoms with Gasteiger partial charge < -0.3 is 9.88 Å². The Morgan fingerprint density at radius 1 is 1.14 bits per heavy atom. The first kappa shape index (κ1) is 12.3. The molecule has 3 nitrogen and oxygen atoms in total. The summed E-state index contributed by atoms with van der Waals surface area (Å²) in [5.41, 5.74) is 2.32. The molecule has 1 atom stereocenters. The number of aromatic nitrogens is 2. The molecule has 1 aliphatic rings. The number of nitrogens with zero attached hydrogens (tertiary/aromatic N) is 2. The largest absolute Gasteiger partial charge is 0.356 e. The molecular formula is C16H13F2N3. The summed E-state index contributed by atoms with van der Waals surface area (Å²) in [6.45, 7) is 0.713. The lowest BCUT2D eigenvalue weighted by molar-refractivity contribution is 0.498. The van der Waals surface area contributed by atoms with Crippen molar-refractivity contribution in [1.29, 1.82) is 0 Å². The first-order valence-electron chi connectivity index (χ1n) is 6.90. The molecular weight excluding hydrogens is 272 g/mol. The molecule has 1 aliphatic heterocycles. The second kappa shape index (κ2) is 4.55. The first-order valence-corrected chi connectivity index (χ1v) is 6.90. The van der Waals surface area contributed by atoms with Gasteiger partial charge in [0.15, 0.2) is 0 Å². The Morgan fingerprint density at radius 3 is 2.86 bits per heavy atom. The van der Waals surface area contributed by atoms with Crippen LogP contribution in [0.4, 0.5) is 14.7 Å². The Morgan fingerprint density at radius 2 is 2.00 bits per heavy atom. The number of nitrogens with one attached hydrogen (secondary N) is 1. The maximum absolute atomic E-state index is 14.1. The fourth-order valence-corrected chi connectivity index (χ4v) is 3.00. The Hall–Kier alpha value is -2.43. The minimum Gasteiger partial charge on any atom is -0.356 e. The molecule has 0 saturated heterocycles. The second-order valence-electron chi connectivity index (χ2n) is 5.19. The summed E-state index contributed by atoms with van der Waals surface area (Å²) in [7, 11) is 0. The summed E-state index contributed by atoms with van der Waals surface area (Å²) in [6.07, 6.45) is 0.732. The van der Waals surface area contributed by atoms with Crippen LogP contribution in [0.5, 0.6) is 0 Å². The van der Waals surface area contributed by atoms with Gasteiger partial charge in [-0.3, -0.25) is 0 Å². The van der Waals surface area contributed by atoms with Crippen molar-refractivity contribution in [3.63, 3.8) is 0 Å². The standard InChI is InChI=1S/C16H13F2N3/c17-10-5-6-11(12(18)9-10)14-7-8-19-16-20-13-3-1-2-4-15(13)21(14)16/h1-6,9,14H,7-8H2,(H,19,20). The van der Waals surface area contributed by atoms with Crippen molar-refractivity contribution in [3.05, 3.63) is 59.7 Å². The number of hydrogen-bond acceptors (Lipinski definition) is 2. The monoisotopic (exact) mass is 285 g/mol. The third kappa shape index (κ3) is 1.88. The molecule has 1 unspecified atom stereocenters. The number of halogens is 2. The van der Waals surface area contributed by atoms with Crippen molar-refractivity contribution < 1.29 is 8.78 Å². The molecule has 1 aromatic heterocycles. The van der Waals surface area contributed by atoms with Crippen molar-refractivity contribution in [2.24, 2.45) is 0 Å². The number of para-hydroxylation sites is 2. The van der Waals surface area contributed by atoms with E-state index in [0.29, 0.717) is 12.1 Å². The van der Waals surface area contributed by atoms with Gasteiger partial charge in [0.05, 0.1) is 17.1 Å². The fraction of sp³-hybridized carbons (Fsp3) is 0.188. The predicted molar refractivity (Wildman–Crippen MR) is 77.3 cm³/mol. The van der Waals surface area contributed by atoms with Gasteiger partial charge in [0.1, 0.15) is 11.6 Å². The molecule has 3 aromatic rings. The van der Waals surface area contributed by atoms with E-state index in [-0.39, 0.29) is 6.04 Å². The van der Waals surface area contributed by atoms with Crippen LogP contribution >= 0.6 is 0 Å². The molecule has 2 aromatic carbocycles. The van der Waals surface area contributed by atoms with Crippen LogP contribution in [-0.4, -0.2) is 16.1 Å². The van der Waals surface area contributed by atoms with Gasteiger partial charge in [0.25, 0.3) is 0 Å². The number of anilines is 1. The minimum absolute atomic E-state index is 0.172. The molecule has 4 rings (SSSR count). The van der Waals surface area contributed by atoms with E-state index in [1.807, 2.05) is 28.8 Å². The average molecular weight is 285 g/mol. The van der Waals surface area contributed by atoms with Gasteiger partial charge in [-0.1, -0.05) is 18.2 Å². The number of hydrogen-bond donors (Lipinski definition) is 1. The van der Waals surface area contributed by atoms with Crippen LogP contribution in [-0.2, 0) is 0 Å². The Labute approximate surface area is 120 Å². The molecule has 0 saturated carbocycles. The Bertz CT molecular complexity index is 826. The molecule has 0 spiro atoms. The third-order valence-electron chi connectivity index (χ3n) is 3.93. The van der Waals surface area contributed by atoms with E-state index in [1.165, 1.54) is 12.1 Å². The normalized spacial score (nSPS) is 17.5. The zero-order valence-corrected chi connectivity index (χ0v) is 11.2. The van der Waals surface area contributed by atoms with Crippen LogP contribution < -0.4 is 5.32 Å². The van der Waals surface area contributed by atoms with Gasteiger partial charge in [-0.2, -0.15) is 0 Å². The summed E-state index contributed by atoms with van der Waals surface area (Å²) in [5, 5.41) is 3.24. The maximum Gasteiger partial charge on any atom is 0.204 e. The molecule has 21 heavy (non-hydrogen) atoms. The molecule has 106 valence electrons. The lowest BCUT2D eigenvalue weighted by Gasteiger charge is -2.27. The van der Waals surface area contributed by atoms with E-state index in [9.17, 15) is 8.78 Å². The number of benzene rings is 2. The number of rotatable bonds is 1. The van der Waals surface area contributed by atoms with E-state index in [0.717, 1.165) is 29.5 Å². The highest BCUT2D eigenvalue weighted by atomic mass is 19.1. The SMILES string of the molecule is Fc1ccc(C2CCNc3nc4ccccc4n32)c(F)c1. The molecule has 5 heteroatoms. The summed E-state index contributed by atoms with van der Waals surface area (Å²) in [5.74, 6) is -0.331. The van der Waals surface area contributed by atoms with Crippen LogP contribution in [0.15, 0.2) is 42.5 Å². The highest BCUT2D eigenvalue weighted by Gasteiger charge is 2.26. The molecule has 0 amide bonds. The lowest BCUT2D eigenvalue weighted by atomic mass is 10.0. The van der Waals surface area contributed by atoms with Gasteiger partial charge in [-0.25, -0.2) is 13.8 Å². The lowest BCUT2D eigenvalue weighted by Crippen LogP contribution is -2.24. The average Bonchev–Trinajstić information content (AvgIpc) is 2.86. The Kier molecular flexibility index (Phi) is 2.67. The van der Waals surface area contributed by atoms with Gasteiger partial charge in [-0.15, -0.1) is 0 Å². The third-order valence-corrected chi connectivity index (χ3v) is 3.93. The minimum atomic E-state index is -0.555. The summed E-state index contributed by atoms with van der Waals surface area (Å²) in [6, 6.07) is 11.4. The zero-order chi connectivity index (χ0) is 14.4. The van der Waals surface area contributed by atoms with Crippen molar-refractivity contribution in [1.82, 2.24) is 9.55 Å². The molecule has 1 N–H and O–H groups in total. The molecule has 0 bridgehead atoms. The van der Waals surface area contributed by atoms with Crippen LogP contribution in [0, 0.1) is 11.6 Å². The predicted octanol–water partition coefficient (Wildman–Crippen LogP) is 3.72. The smallest absolute Gasteiger partial charge is 0.204 e. The highest BCUT2D eigenvalue weighted by Crippen LogP contribution is 2.34. The Balaban J connectivity index is 1.93. The highest BCUT2D eigenvalue weighted by molar-refractivity contribution is 5.79. The van der Waals surface area contributed by atoms with E-state index in [1.54, 1.807) is 0 Å². The van der Waals surface area contributed by atoms with Crippen molar-refractivity contribution in [2.75, 3.05) is 11.9 Å². The van der Waals surface area contributed by atoms with Gasteiger partial charge in [0, 0.05) is 18.2 Å². The molecule has 0 fully saturated rings. The number of fused-ring (bicyclic) bond motifs is 3. The van der Waals surface area contributed by atoms with E-state index < -0.39 is 11.6 Å². The molecule has 0 aliphatic carbocycles. The first-order chi connectivity index (χ1) is 10.2. The van der Waals surface area contributed by atoms with E-state index in [4.69, 9.17) is 0 Å². The quantitative estimate of drug-likeness (QED) is 0.738. The van der Waals surface area contributed by atoms with Crippen molar-refractivity contribution in [2.45, 2.75) is 12.5 Å². The van der Waals surface area contributed by atoms with Crippen LogP contribution in [0.25, 0.3) is 11.0 Å². The van der Waals surface area contributed by atoms with Crippen molar-refractivity contribution in [3.8, 4) is 0 Å². The van der Waals surface area contributed by atoms with Crippen LogP contribution in [0.2, 0.25) is 0 Å². The zero-order valence-electron chi connectivity index (χ0n) is 11.2. The van der Waals surface area contributed by atoms with Crippen LogP contribution in [0.1, 0.15) is 18.0 Å². The van der Waals surface area contributed by atoms with Gasteiger partial charge in [0.2, 0.25) is 5.95 Å². The van der Waals surface area contributed by atoms with Gasteiger partial charge in [-0.05, 0) is 24.6 Å². The van der Waals surface area contributed by atoms with E-state index in [2.05, 4.69) is 10.3 Å². The summed E-state index contributed by atoms with van der Waals surface area (Å²) in [4.78, 5) is 4.53. The van der Waals surface area contributed by atoms with Crippen molar-refractivity contribution >= 4 is 17.0 Å². The summed E-state index contributed by atoms with van der Waals surface area (Å²) >= 11 is 0. The second-order valence-corrected chi connectivity index (χ2v) is 5.19.